The second-order valence-electron chi connectivity index (χ2n) is 6.81. The molecule has 0 aliphatic rings. The summed E-state index contributed by atoms with van der Waals surface area (Å²) in [6, 6.07) is 1.87. The molecule has 0 spiro atoms. The van der Waals surface area contributed by atoms with Crippen LogP contribution in [-0.4, -0.2) is 10.2 Å². The lowest BCUT2D eigenvalue weighted by molar-refractivity contribution is 0.394. The van der Waals surface area contributed by atoms with Gasteiger partial charge in [-0.1, -0.05) is 41.5 Å². The van der Waals surface area contributed by atoms with Gasteiger partial charge in [-0.15, -0.1) is 0 Å². The lowest BCUT2D eigenvalue weighted by Crippen LogP contribution is -2.17. The van der Waals surface area contributed by atoms with E-state index >= 15 is 0 Å². The number of aryl methyl sites for hydroxylation is 1. The predicted molar refractivity (Wildman–Crippen MR) is 71.9 cm³/mol. The van der Waals surface area contributed by atoms with Crippen molar-refractivity contribution < 1.29 is 10.2 Å². The summed E-state index contributed by atoms with van der Waals surface area (Å²) < 4.78 is 0. The summed E-state index contributed by atoms with van der Waals surface area (Å²) >= 11 is 0. The van der Waals surface area contributed by atoms with Gasteiger partial charge in [0.1, 0.15) is 11.5 Å². The van der Waals surface area contributed by atoms with Crippen molar-refractivity contribution in [2.24, 2.45) is 0 Å². The number of aromatic hydroxyl groups is 2. The number of benzene rings is 1. The standard InChI is InChI=1S/C15H24O2/c1-9-8-10(14(2,3)4)13(17)11(12(9)16)15(5,6)7/h8,16-17H,1-7H3. The highest BCUT2D eigenvalue weighted by atomic mass is 16.3. The van der Waals surface area contributed by atoms with Crippen molar-refractivity contribution in [3.05, 3.63) is 22.8 Å². The van der Waals surface area contributed by atoms with E-state index in [4.69, 9.17) is 0 Å². The minimum absolute atomic E-state index is 0.136. The van der Waals surface area contributed by atoms with Gasteiger partial charge < -0.3 is 10.2 Å². The van der Waals surface area contributed by atoms with Gasteiger partial charge in [-0.2, -0.15) is 0 Å². The molecule has 1 rings (SSSR count). The molecule has 1 aromatic carbocycles. The highest BCUT2D eigenvalue weighted by Crippen LogP contribution is 2.45. The van der Waals surface area contributed by atoms with E-state index in [2.05, 4.69) is 20.8 Å². The Labute approximate surface area is 104 Å². The zero-order valence-electron chi connectivity index (χ0n) is 12.0. The van der Waals surface area contributed by atoms with Gasteiger partial charge >= 0.3 is 0 Å². The average Bonchev–Trinajstić information content (AvgIpc) is 2.07. The molecule has 0 saturated carbocycles. The van der Waals surface area contributed by atoms with Crippen molar-refractivity contribution in [3.63, 3.8) is 0 Å². The van der Waals surface area contributed by atoms with Crippen LogP contribution in [0.15, 0.2) is 6.07 Å². The van der Waals surface area contributed by atoms with Gasteiger partial charge in [0, 0.05) is 11.1 Å². The molecule has 0 aromatic heterocycles. The Bertz CT molecular complexity index is 432. The molecule has 0 saturated heterocycles. The van der Waals surface area contributed by atoms with E-state index in [1.165, 1.54) is 0 Å². The van der Waals surface area contributed by atoms with Crippen molar-refractivity contribution >= 4 is 0 Å². The zero-order chi connectivity index (χ0) is 13.6. The van der Waals surface area contributed by atoms with Gasteiger partial charge in [-0.25, -0.2) is 0 Å². The van der Waals surface area contributed by atoms with Crippen molar-refractivity contribution in [2.75, 3.05) is 0 Å². The van der Waals surface area contributed by atoms with Crippen molar-refractivity contribution in [2.45, 2.75) is 59.3 Å². The van der Waals surface area contributed by atoms with E-state index in [1.807, 2.05) is 33.8 Å². The van der Waals surface area contributed by atoms with Crippen molar-refractivity contribution in [3.8, 4) is 11.5 Å². The molecule has 0 aliphatic carbocycles. The SMILES string of the molecule is Cc1cc(C(C)(C)C)c(O)c(C(C)(C)C)c1O. The highest BCUT2D eigenvalue weighted by Gasteiger charge is 2.29. The molecule has 0 fully saturated rings. The third kappa shape index (κ3) is 2.56. The number of hydrogen-bond donors (Lipinski definition) is 2. The van der Waals surface area contributed by atoms with Crippen molar-refractivity contribution in [1.29, 1.82) is 0 Å². The van der Waals surface area contributed by atoms with E-state index in [-0.39, 0.29) is 22.3 Å². The fraction of sp³-hybridized carbons (Fsp3) is 0.600. The number of phenolic OH excluding ortho intramolecular Hbond substituents is 2. The first-order chi connectivity index (χ1) is 7.46. The monoisotopic (exact) mass is 236 g/mol. The number of rotatable bonds is 0. The Balaban J connectivity index is 3.67. The Morgan fingerprint density at radius 1 is 0.824 bits per heavy atom. The molecule has 96 valence electrons. The molecule has 2 nitrogen and oxygen atoms in total. The Morgan fingerprint density at radius 3 is 1.65 bits per heavy atom. The molecule has 0 radical (unpaired) electrons. The van der Waals surface area contributed by atoms with Gasteiger partial charge in [0.2, 0.25) is 0 Å². The summed E-state index contributed by atoms with van der Waals surface area (Å²) in [5, 5.41) is 20.5. The topological polar surface area (TPSA) is 40.5 Å². The summed E-state index contributed by atoms with van der Waals surface area (Å²) in [5.41, 5.74) is 1.93. The zero-order valence-corrected chi connectivity index (χ0v) is 12.0. The molecule has 0 atom stereocenters. The van der Waals surface area contributed by atoms with E-state index in [0.717, 1.165) is 11.1 Å². The summed E-state index contributed by atoms with van der Waals surface area (Å²) in [6.45, 7) is 14.0. The quantitative estimate of drug-likeness (QED) is 0.714. The van der Waals surface area contributed by atoms with Crippen LogP contribution >= 0.6 is 0 Å². The first-order valence-corrected chi connectivity index (χ1v) is 6.02. The van der Waals surface area contributed by atoms with Gasteiger partial charge in [0.25, 0.3) is 0 Å². The molecule has 0 unspecified atom stereocenters. The van der Waals surface area contributed by atoms with E-state index in [1.54, 1.807) is 0 Å². The first-order valence-electron chi connectivity index (χ1n) is 6.02. The summed E-state index contributed by atoms with van der Waals surface area (Å²) in [4.78, 5) is 0. The Kier molecular flexibility index (Phi) is 3.21. The van der Waals surface area contributed by atoms with E-state index in [0.29, 0.717) is 5.56 Å². The molecule has 0 amide bonds. The largest absolute Gasteiger partial charge is 0.507 e. The lowest BCUT2D eigenvalue weighted by atomic mass is 9.78. The van der Waals surface area contributed by atoms with Crippen LogP contribution in [-0.2, 0) is 10.8 Å². The molecular formula is C15H24O2. The third-order valence-electron chi connectivity index (χ3n) is 3.02. The fourth-order valence-corrected chi connectivity index (χ4v) is 2.08. The molecule has 0 bridgehead atoms. The first kappa shape index (κ1) is 13.9. The van der Waals surface area contributed by atoms with Crippen LogP contribution in [0.3, 0.4) is 0 Å². The minimum atomic E-state index is -0.278. The van der Waals surface area contributed by atoms with Crippen LogP contribution in [0.2, 0.25) is 0 Å². The van der Waals surface area contributed by atoms with Crippen LogP contribution in [0.5, 0.6) is 11.5 Å². The smallest absolute Gasteiger partial charge is 0.126 e. The summed E-state index contributed by atoms with van der Waals surface area (Å²) in [5.74, 6) is 0.441. The predicted octanol–water partition coefficient (Wildman–Crippen LogP) is 4.00. The molecule has 17 heavy (non-hydrogen) atoms. The van der Waals surface area contributed by atoms with E-state index in [9.17, 15) is 10.2 Å². The van der Waals surface area contributed by atoms with Gasteiger partial charge in [-0.3, -0.25) is 0 Å². The number of phenols is 2. The molecule has 2 heteroatoms. The van der Waals surface area contributed by atoms with Crippen LogP contribution < -0.4 is 0 Å². The second-order valence-corrected chi connectivity index (χ2v) is 6.81. The van der Waals surface area contributed by atoms with Gasteiger partial charge in [0.15, 0.2) is 0 Å². The Hall–Kier alpha value is -1.18. The molecule has 0 heterocycles. The van der Waals surface area contributed by atoms with Crippen LogP contribution in [0.25, 0.3) is 0 Å². The summed E-state index contributed by atoms with van der Waals surface area (Å²) in [7, 11) is 0. The van der Waals surface area contributed by atoms with Gasteiger partial charge in [-0.05, 0) is 29.4 Å². The highest BCUT2D eigenvalue weighted by molar-refractivity contribution is 5.57. The Morgan fingerprint density at radius 2 is 1.29 bits per heavy atom. The maximum Gasteiger partial charge on any atom is 0.126 e. The van der Waals surface area contributed by atoms with Crippen LogP contribution in [0.4, 0.5) is 0 Å². The fourth-order valence-electron chi connectivity index (χ4n) is 2.08. The molecule has 1 aromatic rings. The van der Waals surface area contributed by atoms with Gasteiger partial charge in [0.05, 0.1) is 0 Å². The summed E-state index contributed by atoms with van der Waals surface area (Å²) in [6.07, 6.45) is 0. The third-order valence-corrected chi connectivity index (χ3v) is 3.02. The number of hydrogen-bond acceptors (Lipinski definition) is 2. The molecular weight excluding hydrogens is 212 g/mol. The minimum Gasteiger partial charge on any atom is -0.507 e. The average molecular weight is 236 g/mol. The van der Waals surface area contributed by atoms with Crippen molar-refractivity contribution in [1.82, 2.24) is 0 Å². The molecule has 2 N–H and O–H groups in total. The van der Waals surface area contributed by atoms with Crippen LogP contribution in [0, 0.1) is 6.92 Å². The normalized spacial score (nSPS) is 12.9. The lowest BCUT2D eigenvalue weighted by Gasteiger charge is -2.28. The maximum absolute atomic E-state index is 10.4. The maximum atomic E-state index is 10.4. The van der Waals surface area contributed by atoms with Crippen LogP contribution in [0.1, 0.15) is 58.2 Å². The second kappa shape index (κ2) is 3.94. The molecule has 0 aliphatic heterocycles. The van der Waals surface area contributed by atoms with E-state index < -0.39 is 0 Å².